The Bertz CT molecular complexity index is 687. The third-order valence-corrected chi connectivity index (χ3v) is 6.21. The monoisotopic (exact) mass is 464 g/mol. The van der Waals surface area contributed by atoms with Crippen LogP contribution in [0.4, 0.5) is 5.69 Å². The van der Waals surface area contributed by atoms with Gasteiger partial charge in [-0.3, -0.25) is 9.30 Å². The number of nitrogens with one attached hydrogen (secondary N) is 1. The zero-order valence-electron chi connectivity index (χ0n) is 13.9. The first-order valence-electron chi connectivity index (χ1n) is 8.16. The Kier molecular flexibility index (Phi) is 6.73. The molecule has 2 heterocycles. The lowest BCUT2D eigenvalue weighted by molar-refractivity contribution is 0.495. The first kappa shape index (κ1) is 19.3. The lowest BCUT2D eigenvalue weighted by atomic mass is 10.2. The van der Waals surface area contributed by atoms with Crippen LogP contribution in [-0.2, 0) is 16.4 Å². The number of para-hydroxylation sites is 1. The first-order valence-corrected chi connectivity index (χ1v) is 9.76. The van der Waals surface area contributed by atoms with Gasteiger partial charge in [-0.05, 0) is 30.9 Å². The van der Waals surface area contributed by atoms with Crippen molar-refractivity contribution in [3.63, 3.8) is 0 Å². The molecule has 1 fully saturated rings. The van der Waals surface area contributed by atoms with E-state index in [4.69, 9.17) is 0 Å². The second-order valence-corrected chi connectivity index (χ2v) is 7.95. The average Bonchev–Trinajstić information content (AvgIpc) is 3.21. The van der Waals surface area contributed by atoms with Crippen LogP contribution in [0.3, 0.4) is 0 Å². The Hall–Kier alpha value is -1.03. The number of anilines is 1. The Morgan fingerprint density at radius 3 is 2.62 bits per heavy atom. The lowest BCUT2D eigenvalue weighted by Crippen LogP contribution is -2.43. The number of aliphatic imine (C=N–C) groups is 1. The fourth-order valence-corrected chi connectivity index (χ4v) is 4.69. The van der Waals surface area contributed by atoms with Crippen molar-refractivity contribution in [1.82, 2.24) is 10.2 Å². The summed E-state index contributed by atoms with van der Waals surface area (Å²) in [5.41, 5.74) is 1.94. The van der Waals surface area contributed by atoms with Crippen LogP contribution in [0.5, 0.6) is 0 Å². The maximum atomic E-state index is 12.6. The quantitative estimate of drug-likeness (QED) is 0.419. The Morgan fingerprint density at radius 2 is 1.92 bits per heavy atom. The van der Waals surface area contributed by atoms with Gasteiger partial charge in [0.05, 0.1) is 11.4 Å². The Balaban J connectivity index is 0.00000208. The fourth-order valence-electron chi connectivity index (χ4n) is 3.26. The molecule has 0 amide bonds. The minimum absolute atomic E-state index is 0. The zero-order chi connectivity index (χ0) is 16.3. The van der Waals surface area contributed by atoms with E-state index in [1.165, 1.54) is 12.8 Å². The summed E-state index contributed by atoms with van der Waals surface area (Å²) >= 11 is 0. The molecule has 134 valence electrons. The highest BCUT2D eigenvalue weighted by molar-refractivity contribution is 14.0. The molecule has 6 nitrogen and oxygen atoms in total. The molecule has 1 aromatic carbocycles. The molecule has 0 spiro atoms. The summed E-state index contributed by atoms with van der Waals surface area (Å²) in [4.78, 5) is 6.42. The van der Waals surface area contributed by atoms with Gasteiger partial charge >= 0.3 is 0 Å². The van der Waals surface area contributed by atoms with Crippen LogP contribution < -0.4 is 9.62 Å². The average molecular weight is 464 g/mol. The SMILES string of the molecule is CN=C(NCCS(=O)(=O)N1CCc2ccccc21)N1CCCC1.I. The molecule has 1 N–H and O–H groups in total. The van der Waals surface area contributed by atoms with Crippen LogP contribution in [-0.4, -0.2) is 58.3 Å². The van der Waals surface area contributed by atoms with Gasteiger partial charge in [0.1, 0.15) is 0 Å². The van der Waals surface area contributed by atoms with Gasteiger partial charge in [0.25, 0.3) is 0 Å². The number of rotatable bonds is 4. The predicted molar refractivity (Wildman–Crippen MR) is 109 cm³/mol. The molecule has 0 aliphatic carbocycles. The topological polar surface area (TPSA) is 65.0 Å². The van der Waals surface area contributed by atoms with Crippen molar-refractivity contribution in [1.29, 1.82) is 0 Å². The van der Waals surface area contributed by atoms with Crippen molar-refractivity contribution in [3.05, 3.63) is 29.8 Å². The molecule has 8 heteroatoms. The zero-order valence-corrected chi connectivity index (χ0v) is 17.1. The molecule has 0 saturated carbocycles. The number of benzene rings is 1. The summed E-state index contributed by atoms with van der Waals surface area (Å²) in [6, 6.07) is 7.73. The maximum Gasteiger partial charge on any atom is 0.236 e. The van der Waals surface area contributed by atoms with Gasteiger partial charge in [-0.15, -0.1) is 24.0 Å². The first-order chi connectivity index (χ1) is 11.1. The van der Waals surface area contributed by atoms with Gasteiger partial charge in [0.15, 0.2) is 5.96 Å². The van der Waals surface area contributed by atoms with E-state index >= 15 is 0 Å². The summed E-state index contributed by atoms with van der Waals surface area (Å²) in [5.74, 6) is 0.883. The Morgan fingerprint density at radius 1 is 1.21 bits per heavy atom. The van der Waals surface area contributed by atoms with Gasteiger partial charge in [-0.2, -0.15) is 0 Å². The highest BCUT2D eigenvalue weighted by Crippen LogP contribution is 2.29. The van der Waals surface area contributed by atoms with Crippen molar-refractivity contribution in [2.24, 2.45) is 4.99 Å². The molecular formula is C16H25IN4O2S. The normalized spacial score (nSPS) is 17.6. The van der Waals surface area contributed by atoms with Crippen LogP contribution >= 0.6 is 24.0 Å². The van der Waals surface area contributed by atoms with Gasteiger partial charge in [-0.1, -0.05) is 18.2 Å². The molecule has 1 aromatic rings. The standard InChI is InChI=1S/C16H24N4O2S.HI/c1-17-16(19-10-4-5-11-19)18-9-13-23(21,22)20-12-8-14-6-2-3-7-15(14)20;/h2-3,6-7H,4-5,8-13H2,1H3,(H,17,18);1H. The summed E-state index contributed by atoms with van der Waals surface area (Å²) < 4.78 is 26.8. The fraction of sp³-hybridized carbons (Fsp3) is 0.562. The van der Waals surface area contributed by atoms with Crippen molar-refractivity contribution in [3.8, 4) is 0 Å². The van der Waals surface area contributed by atoms with E-state index in [-0.39, 0.29) is 29.7 Å². The molecule has 0 radical (unpaired) electrons. The molecule has 24 heavy (non-hydrogen) atoms. The van der Waals surface area contributed by atoms with Crippen LogP contribution in [0.1, 0.15) is 18.4 Å². The third kappa shape index (κ3) is 4.14. The minimum Gasteiger partial charge on any atom is -0.355 e. The van der Waals surface area contributed by atoms with Crippen molar-refractivity contribution < 1.29 is 8.42 Å². The molecule has 3 rings (SSSR count). The minimum atomic E-state index is -3.30. The van der Waals surface area contributed by atoms with E-state index in [1.807, 2.05) is 24.3 Å². The predicted octanol–water partition coefficient (Wildman–Crippen LogP) is 1.67. The Labute approximate surface area is 161 Å². The summed E-state index contributed by atoms with van der Waals surface area (Å²) in [6.45, 7) is 2.91. The van der Waals surface area contributed by atoms with Crippen LogP contribution in [0, 0.1) is 0 Å². The van der Waals surface area contributed by atoms with Crippen molar-refractivity contribution in [2.45, 2.75) is 19.3 Å². The number of hydrogen-bond donors (Lipinski definition) is 1. The van der Waals surface area contributed by atoms with Crippen LogP contribution in [0.15, 0.2) is 29.3 Å². The number of fused-ring (bicyclic) bond motifs is 1. The van der Waals surface area contributed by atoms with E-state index in [2.05, 4.69) is 15.2 Å². The number of halogens is 1. The molecule has 0 bridgehead atoms. The second-order valence-electron chi connectivity index (χ2n) is 5.94. The number of likely N-dealkylation sites (tertiary alicyclic amines) is 1. The van der Waals surface area contributed by atoms with E-state index in [1.54, 1.807) is 11.4 Å². The van der Waals surface area contributed by atoms with Gasteiger partial charge in [0, 0.05) is 33.2 Å². The molecular weight excluding hydrogens is 439 g/mol. The lowest BCUT2D eigenvalue weighted by Gasteiger charge is -2.22. The van der Waals surface area contributed by atoms with Crippen LogP contribution in [0.2, 0.25) is 0 Å². The van der Waals surface area contributed by atoms with Gasteiger partial charge < -0.3 is 10.2 Å². The third-order valence-electron chi connectivity index (χ3n) is 4.44. The smallest absolute Gasteiger partial charge is 0.236 e. The van der Waals surface area contributed by atoms with Gasteiger partial charge in [0.2, 0.25) is 10.0 Å². The summed E-state index contributed by atoms with van der Waals surface area (Å²) in [7, 11) is -1.56. The summed E-state index contributed by atoms with van der Waals surface area (Å²) in [6.07, 6.45) is 3.13. The number of sulfonamides is 1. The second kappa shape index (κ2) is 8.37. The molecule has 1 saturated heterocycles. The number of hydrogen-bond acceptors (Lipinski definition) is 3. The van der Waals surface area contributed by atoms with E-state index in [0.29, 0.717) is 13.1 Å². The van der Waals surface area contributed by atoms with E-state index in [0.717, 1.165) is 36.7 Å². The number of guanidine groups is 1. The summed E-state index contributed by atoms with van der Waals surface area (Å²) in [5, 5.41) is 3.18. The molecule has 2 aliphatic rings. The van der Waals surface area contributed by atoms with E-state index in [9.17, 15) is 8.42 Å². The molecule has 2 aliphatic heterocycles. The largest absolute Gasteiger partial charge is 0.355 e. The molecule has 0 unspecified atom stereocenters. The van der Waals surface area contributed by atoms with Crippen molar-refractivity contribution in [2.75, 3.05) is 43.3 Å². The van der Waals surface area contributed by atoms with Gasteiger partial charge in [-0.25, -0.2) is 8.42 Å². The van der Waals surface area contributed by atoms with E-state index < -0.39 is 10.0 Å². The maximum absolute atomic E-state index is 12.6. The number of nitrogens with zero attached hydrogens (tertiary/aromatic N) is 3. The van der Waals surface area contributed by atoms with Crippen molar-refractivity contribution >= 4 is 45.6 Å². The highest BCUT2D eigenvalue weighted by Gasteiger charge is 2.28. The highest BCUT2D eigenvalue weighted by atomic mass is 127. The molecule has 0 aromatic heterocycles. The van der Waals surface area contributed by atoms with Crippen LogP contribution in [0.25, 0.3) is 0 Å². The molecule has 0 atom stereocenters.